The van der Waals surface area contributed by atoms with Gasteiger partial charge in [0.1, 0.15) is 5.69 Å². The van der Waals surface area contributed by atoms with Crippen molar-refractivity contribution in [3.8, 4) is 0 Å². The van der Waals surface area contributed by atoms with E-state index in [1.807, 2.05) is 24.3 Å². The monoisotopic (exact) mass is 294 g/mol. The Kier molecular flexibility index (Phi) is 3.70. The summed E-state index contributed by atoms with van der Waals surface area (Å²) in [6.45, 7) is 0. The van der Waals surface area contributed by atoms with Gasteiger partial charge in [0, 0.05) is 28.9 Å². The molecule has 0 fully saturated rings. The number of benzene rings is 1. The third kappa shape index (κ3) is 2.61. The molecule has 0 aliphatic rings. The fourth-order valence-corrected chi connectivity index (χ4v) is 2.30. The molecule has 2 heterocycles. The number of methoxy groups -OCH3 is 1. The lowest BCUT2D eigenvalue weighted by atomic mass is 10.1. The standard InChI is InChI=1S/C17H14N2O3/c1-22-16(20)8-11-6-7-15(18-9-11)17(21)13-10-19-14-5-3-2-4-12(13)14/h2-7,9-10,19H,8H2,1H3. The van der Waals surface area contributed by atoms with E-state index in [9.17, 15) is 9.59 Å². The van der Waals surface area contributed by atoms with E-state index >= 15 is 0 Å². The van der Waals surface area contributed by atoms with Gasteiger partial charge < -0.3 is 9.72 Å². The molecule has 5 heteroatoms. The Morgan fingerprint density at radius 1 is 1.18 bits per heavy atom. The van der Waals surface area contributed by atoms with E-state index in [2.05, 4.69) is 14.7 Å². The maximum atomic E-state index is 12.5. The van der Waals surface area contributed by atoms with Crippen molar-refractivity contribution in [2.75, 3.05) is 7.11 Å². The van der Waals surface area contributed by atoms with Crippen LogP contribution in [-0.2, 0) is 16.0 Å². The molecule has 0 aliphatic carbocycles. The molecule has 0 aliphatic heterocycles. The van der Waals surface area contributed by atoms with Crippen molar-refractivity contribution in [3.05, 3.63) is 65.6 Å². The quantitative estimate of drug-likeness (QED) is 0.593. The molecule has 1 N–H and O–H groups in total. The zero-order chi connectivity index (χ0) is 15.5. The number of esters is 1. The molecule has 0 saturated carbocycles. The summed E-state index contributed by atoms with van der Waals surface area (Å²) in [5.74, 6) is -0.487. The van der Waals surface area contributed by atoms with Crippen molar-refractivity contribution in [1.29, 1.82) is 0 Å². The molecule has 0 unspecified atom stereocenters. The van der Waals surface area contributed by atoms with E-state index in [0.717, 1.165) is 10.9 Å². The molecular weight excluding hydrogens is 280 g/mol. The summed E-state index contributed by atoms with van der Waals surface area (Å²) in [5.41, 5.74) is 2.55. The number of ketones is 1. The highest BCUT2D eigenvalue weighted by atomic mass is 16.5. The summed E-state index contributed by atoms with van der Waals surface area (Å²) >= 11 is 0. The Labute approximate surface area is 126 Å². The summed E-state index contributed by atoms with van der Waals surface area (Å²) in [4.78, 5) is 31.0. The molecular formula is C17H14N2O3. The summed E-state index contributed by atoms with van der Waals surface area (Å²) < 4.78 is 4.60. The van der Waals surface area contributed by atoms with Crippen molar-refractivity contribution in [2.45, 2.75) is 6.42 Å². The summed E-state index contributed by atoms with van der Waals surface area (Å²) in [7, 11) is 1.34. The number of hydrogen-bond acceptors (Lipinski definition) is 4. The van der Waals surface area contributed by atoms with E-state index in [1.165, 1.54) is 13.3 Å². The van der Waals surface area contributed by atoms with Gasteiger partial charge in [-0.15, -0.1) is 0 Å². The molecule has 5 nitrogen and oxygen atoms in total. The van der Waals surface area contributed by atoms with Crippen LogP contribution in [0.2, 0.25) is 0 Å². The second-order valence-electron chi connectivity index (χ2n) is 4.88. The largest absolute Gasteiger partial charge is 0.469 e. The Hall–Kier alpha value is -2.95. The van der Waals surface area contributed by atoms with Crippen molar-refractivity contribution < 1.29 is 14.3 Å². The van der Waals surface area contributed by atoms with Crippen molar-refractivity contribution in [3.63, 3.8) is 0 Å². The molecule has 110 valence electrons. The van der Waals surface area contributed by atoms with Gasteiger partial charge in [-0.2, -0.15) is 0 Å². The molecule has 3 aromatic rings. The number of fused-ring (bicyclic) bond motifs is 1. The fourth-order valence-electron chi connectivity index (χ4n) is 2.30. The maximum absolute atomic E-state index is 12.5. The molecule has 22 heavy (non-hydrogen) atoms. The second-order valence-corrected chi connectivity index (χ2v) is 4.88. The number of nitrogens with one attached hydrogen (secondary N) is 1. The first-order valence-electron chi connectivity index (χ1n) is 6.81. The molecule has 0 amide bonds. The van der Waals surface area contributed by atoms with Gasteiger partial charge in [-0.25, -0.2) is 0 Å². The van der Waals surface area contributed by atoms with Crippen LogP contribution in [0.3, 0.4) is 0 Å². The lowest BCUT2D eigenvalue weighted by Gasteiger charge is -2.02. The van der Waals surface area contributed by atoms with Gasteiger partial charge in [0.05, 0.1) is 13.5 Å². The highest BCUT2D eigenvalue weighted by Gasteiger charge is 2.15. The number of rotatable bonds is 4. The smallest absolute Gasteiger partial charge is 0.310 e. The average Bonchev–Trinajstić information content (AvgIpc) is 2.99. The highest BCUT2D eigenvalue weighted by Crippen LogP contribution is 2.20. The van der Waals surface area contributed by atoms with E-state index < -0.39 is 0 Å². The molecule has 0 spiro atoms. The molecule has 1 aromatic carbocycles. The van der Waals surface area contributed by atoms with Crippen LogP contribution in [-0.4, -0.2) is 28.8 Å². The van der Waals surface area contributed by atoms with Gasteiger partial charge >= 0.3 is 5.97 Å². The van der Waals surface area contributed by atoms with Crippen molar-refractivity contribution in [2.24, 2.45) is 0 Å². The number of aromatic amines is 1. The number of para-hydroxylation sites is 1. The third-order valence-electron chi connectivity index (χ3n) is 3.47. The van der Waals surface area contributed by atoms with E-state index in [1.54, 1.807) is 18.3 Å². The highest BCUT2D eigenvalue weighted by molar-refractivity contribution is 6.15. The fraction of sp³-hybridized carbons (Fsp3) is 0.118. The van der Waals surface area contributed by atoms with Gasteiger partial charge in [-0.3, -0.25) is 14.6 Å². The topological polar surface area (TPSA) is 72.1 Å². The minimum absolute atomic E-state index is 0.144. The normalized spacial score (nSPS) is 10.6. The Morgan fingerprint density at radius 3 is 2.73 bits per heavy atom. The summed E-state index contributed by atoms with van der Waals surface area (Å²) in [5, 5.41) is 0.868. The van der Waals surface area contributed by atoms with Gasteiger partial charge in [0.25, 0.3) is 0 Å². The lowest BCUT2D eigenvalue weighted by molar-refractivity contribution is -0.139. The Bertz CT molecular complexity index is 834. The lowest BCUT2D eigenvalue weighted by Crippen LogP contribution is -2.07. The van der Waals surface area contributed by atoms with Crippen LogP contribution in [0, 0.1) is 0 Å². The first-order valence-corrected chi connectivity index (χ1v) is 6.81. The molecule has 0 saturated heterocycles. The SMILES string of the molecule is COC(=O)Cc1ccc(C(=O)c2c[nH]c3ccccc23)nc1. The number of ether oxygens (including phenoxy) is 1. The minimum atomic E-state index is -0.336. The van der Waals surface area contributed by atoms with Crippen LogP contribution in [0.25, 0.3) is 10.9 Å². The van der Waals surface area contributed by atoms with Crippen molar-refractivity contribution in [1.82, 2.24) is 9.97 Å². The number of carbonyl (C=O) groups excluding carboxylic acids is 2. The number of nitrogens with zero attached hydrogens (tertiary/aromatic N) is 1. The predicted molar refractivity (Wildman–Crippen MR) is 81.7 cm³/mol. The van der Waals surface area contributed by atoms with E-state index in [0.29, 0.717) is 16.8 Å². The van der Waals surface area contributed by atoms with Gasteiger partial charge in [0.15, 0.2) is 0 Å². The zero-order valence-corrected chi connectivity index (χ0v) is 12.0. The second kappa shape index (κ2) is 5.81. The number of H-pyrrole nitrogens is 1. The molecule has 3 rings (SSSR count). The van der Waals surface area contributed by atoms with Gasteiger partial charge in [-0.05, 0) is 17.7 Å². The zero-order valence-electron chi connectivity index (χ0n) is 12.0. The maximum Gasteiger partial charge on any atom is 0.310 e. The van der Waals surface area contributed by atoms with E-state index in [4.69, 9.17) is 0 Å². The van der Waals surface area contributed by atoms with Crippen LogP contribution in [0.5, 0.6) is 0 Å². The number of aromatic nitrogens is 2. The summed E-state index contributed by atoms with van der Waals surface area (Å²) in [6, 6.07) is 10.9. The van der Waals surface area contributed by atoms with Crippen LogP contribution in [0.4, 0.5) is 0 Å². The average molecular weight is 294 g/mol. The third-order valence-corrected chi connectivity index (χ3v) is 3.47. The number of carbonyl (C=O) groups is 2. The van der Waals surface area contributed by atoms with Crippen LogP contribution >= 0.6 is 0 Å². The molecule has 0 bridgehead atoms. The Balaban J connectivity index is 1.87. The van der Waals surface area contributed by atoms with Crippen LogP contribution in [0.1, 0.15) is 21.6 Å². The molecule has 0 radical (unpaired) electrons. The minimum Gasteiger partial charge on any atom is -0.469 e. The first kappa shape index (κ1) is 14.0. The summed E-state index contributed by atoms with van der Waals surface area (Å²) in [6.07, 6.45) is 3.36. The Morgan fingerprint density at radius 2 is 2.00 bits per heavy atom. The molecule has 0 atom stereocenters. The van der Waals surface area contributed by atoms with Crippen LogP contribution in [0.15, 0.2) is 48.8 Å². The number of pyridine rings is 1. The first-order chi connectivity index (χ1) is 10.7. The van der Waals surface area contributed by atoms with Gasteiger partial charge in [-0.1, -0.05) is 24.3 Å². The molecule has 2 aromatic heterocycles. The van der Waals surface area contributed by atoms with Gasteiger partial charge in [0.2, 0.25) is 5.78 Å². The number of hydrogen-bond donors (Lipinski definition) is 1. The van der Waals surface area contributed by atoms with Crippen LogP contribution < -0.4 is 0 Å². The van der Waals surface area contributed by atoms with E-state index in [-0.39, 0.29) is 18.2 Å². The van der Waals surface area contributed by atoms with Crippen molar-refractivity contribution >= 4 is 22.7 Å². The predicted octanol–water partition coefficient (Wildman–Crippen LogP) is 2.51.